The lowest BCUT2D eigenvalue weighted by molar-refractivity contribution is -0.140. The quantitative estimate of drug-likeness (QED) is 0.501. The van der Waals surface area contributed by atoms with Gasteiger partial charge in [-0.05, 0) is 42.5 Å². The molecular formula is C24H24F4N4O3. The third kappa shape index (κ3) is 5.98. The average Bonchev–Trinajstić information content (AvgIpc) is 3.25. The first kappa shape index (κ1) is 24.7. The van der Waals surface area contributed by atoms with Gasteiger partial charge in [0.1, 0.15) is 18.2 Å². The zero-order valence-corrected chi connectivity index (χ0v) is 18.9. The first-order chi connectivity index (χ1) is 16.7. The van der Waals surface area contributed by atoms with E-state index in [9.17, 15) is 22.4 Å². The molecule has 3 aromatic rings. The summed E-state index contributed by atoms with van der Waals surface area (Å²) in [6.07, 6.45) is -3.29. The zero-order valence-electron chi connectivity index (χ0n) is 18.9. The average molecular weight is 492 g/mol. The number of nitrogens with zero attached hydrogens (tertiary/aromatic N) is 3. The molecule has 1 saturated heterocycles. The highest BCUT2D eigenvalue weighted by atomic mass is 19.4. The molecule has 0 bridgehead atoms. The molecule has 7 nitrogen and oxygen atoms in total. The predicted octanol–water partition coefficient (Wildman–Crippen LogP) is 4.21. The fraction of sp³-hybridized carbons (Fsp3) is 0.333. The summed E-state index contributed by atoms with van der Waals surface area (Å²) in [6.45, 7) is 4.20. The fourth-order valence-electron chi connectivity index (χ4n) is 3.77. The van der Waals surface area contributed by atoms with Crippen LogP contribution in [0.5, 0.6) is 5.75 Å². The lowest BCUT2D eigenvalue weighted by Gasteiger charge is -2.26. The number of hydrogen-bond acceptors (Lipinski definition) is 5. The molecule has 186 valence electrons. The second kappa shape index (κ2) is 10.4. The molecule has 1 N–H and O–H groups in total. The van der Waals surface area contributed by atoms with Gasteiger partial charge in [-0.25, -0.2) is 4.39 Å². The van der Waals surface area contributed by atoms with Crippen molar-refractivity contribution in [2.75, 3.05) is 44.8 Å². The molecular weight excluding hydrogens is 468 g/mol. The minimum Gasteiger partial charge on any atom is -0.492 e. The summed E-state index contributed by atoms with van der Waals surface area (Å²) in [6, 6.07) is 8.85. The van der Waals surface area contributed by atoms with Gasteiger partial charge >= 0.3 is 6.18 Å². The van der Waals surface area contributed by atoms with Crippen LogP contribution in [0, 0.1) is 5.82 Å². The summed E-state index contributed by atoms with van der Waals surface area (Å²) in [5.74, 6) is -1.67. The molecule has 1 aliphatic rings. The van der Waals surface area contributed by atoms with Gasteiger partial charge in [0.05, 0.1) is 24.5 Å². The van der Waals surface area contributed by atoms with Crippen LogP contribution in [0.4, 0.5) is 23.2 Å². The molecule has 2 aromatic carbocycles. The van der Waals surface area contributed by atoms with E-state index in [0.29, 0.717) is 49.0 Å². The Hall–Kier alpha value is -3.44. The smallest absolute Gasteiger partial charge is 0.419 e. The molecule has 1 aliphatic heterocycles. The van der Waals surface area contributed by atoms with E-state index >= 15 is 0 Å². The normalized spacial score (nSPS) is 14.7. The number of alkyl halides is 3. The standard InChI is InChI=1S/C24H24F4N4O3/c1-31-21(6-7-29-31)18-15-17(3-5-22(18)35-13-10-32-8-11-34-12-9-32)30-23(33)16-2-4-20(25)19(14-16)24(26,27)28/h2-7,14-15H,8-13H2,1H3,(H,30,33). The first-order valence-electron chi connectivity index (χ1n) is 11.0. The number of benzene rings is 2. The Balaban J connectivity index is 1.54. The largest absolute Gasteiger partial charge is 0.492 e. The molecule has 1 fully saturated rings. The number of carbonyl (C=O) groups excluding carboxylic acids is 1. The maximum atomic E-state index is 13.6. The number of amides is 1. The lowest BCUT2D eigenvalue weighted by atomic mass is 10.1. The van der Waals surface area contributed by atoms with E-state index in [1.807, 2.05) is 0 Å². The van der Waals surface area contributed by atoms with Gasteiger partial charge in [-0.2, -0.15) is 18.3 Å². The number of anilines is 1. The van der Waals surface area contributed by atoms with Crippen LogP contribution >= 0.6 is 0 Å². The second-order valence-corrected chi connectivity index (χ2v) is 8.00. The third-order valence-electron chi connectivity index (χ3n) is 5.64. The number of halogens is 4. The van der Waals surface area contributed by atoms with Gasteiger partial charge in [0.25, 0.3) is 5.91 Å². The zero-order chi connectivity index (χ0) is 25.0. The maximum Gasteiger partial charge on any atom is 0.419 e. The summed E-state index contributed by atoms with van der Waals surface area (Å²) in [5.41, 5.74) is -0.0931. The van der Waals surface area contributed by atoms with E-state index in [1.165, 1.54) is 0 Å². The molecule has 35 heavy (non-hydrogen) atoms. The number of nitrogens with one attached hydrogen (secondary N) is 1. The molecule has 0 atom stereocenters. The Labute approximate surface area is 199 Å². The highest BCUT2D eigenvalue weighted by Gasteiger charge is 2.34. The van der Waals surface area contributed by atoms with Gasteiger partial charge in [0.15, 0.2) is 0 Å². The summed E-state index contributed by atoms with van der Waals surface area (Å²) in [7, 11) is 1.76. The van der Waals surface area contributed by atoms with Crippen molar-refractivity contribution in [3.05, 3.63) is 65.6 Å². The Morgan fingerprint density at radius 3 is 2.60 bits per heavy atom. The van der Waals surface area contributed by atoms with E-state index in [2.05, 4.69) is 15.3 Å². The second-order valence-electron chi connectivity index (χ2n) is 8.00. The van der Waals surface area contributed by atoms with Crippen LogP contribution in [0.15, 0.2) is 48.7 Å². The summed E-state index contributed by atoms with van der Waals surface area (Å²) < 4.78 is 65.7. The van der Waals surface area contributed by atoms with Crippen molar-refractivity contribution in [1.82, 2.24) is 14.7 Å². The van der Waals surface area contributed by atoms with Gasteiger partial charge in [-0.3, -0.25) is 14.4 Å². The molecule has 4 rings (SSSR count). The Bertz CT molecular complexity index is 1190. The van der Waals surface area contributed by atoms with E-state index < -0.39 is 23.5 Å². The third-order valence-corrected chi connectivity index (χ3v) is 5.64. The minimum atomic E-state index is -4.91. The van der Waals surface area contributed by atoms with Crippen molar-refractivity contribution >= 4 is 11.6 Å². The van der Waals surface area contributed by atoms with Crippen LogP contribution in [-0.2, 0) is 18.0 Å². The van der Waals surface area contributed by atoms with Crippen LogP contribution in [-0.4, -0.2) is 60.0 Å². The number of morpholine rings is 1. The van der Waals surface area contributed by atoms with Crippen LogP contribution in [0.1, 0.15) is 15.9 Å². The van der Waals surface area contributed by atoms with Crippen LogP contribution in [0.25, 0.3) is 11.3 Å². The lowest BCUT2D eigenvalue weighted by Crippen LogP contribution is -2.38. The van der Waals surface area contributed by atoms with Crippen LogP contribution in [0.3, 0.4) is 0 Å². The number of aromatic nitrogens is 2. The Kier molecular flexibility index (Phi) is 7.37. The predicted molar refractivity (Wildman–Crippen MR) is 121 cm³/mol. The summed E-state index contributed by atoms with van der Waals surface area (Å²) >= 11 is 0. The molecule has 0 saturated carbocycles. The monoisotopic (exact) mass is 492 g/mol. The van der Waals surface area contributed by atoms with Gasteiger partial charge in [0.2, 0.25) is 0 Å². The van der Waals surface area contributed by atoms with Gasteiger partial charge in [0, 0.05) is 49.7 Å². The summed E-state index contributed by atoms with van der Waals surface area (Å²) in [5, 5.41) is 6.75. The Morgan fingerprint density at radius 2 is 1.91 bits per heavy atom. The highest BCUT2D eigenvalue weighted by molar-refractivity contribution is 6.04. The van der Waals surface area contributed by atoms with Crippen molar-refractivity contribution in [3.8, 4) is 17.0 Å². The van der Waals surface area contributed by atoms with E-state index in [-0.39, 0.29) is 5.56 Å². The molecule has 1 aromatic heterocycles. The number of hydrogen-bond donors (Lipinski definition) is 1. The maximum absolute atomic E-state index is 13.6. The van der Waals surface area contributed by atoms with Crippen molar-refractivity contribution in [2.24, 2.45) is 7.05 Å². The SMILES string of the molecule is Cn1nccc1-c1cc(NC(=O)c2ccc(F)c(C(F)(F)F)c2)ccc1OCCN1CCOCC1. The molecule has 0 aliphatic carbocycles. The van der Waals surface area contributed by atoms with E-state index in [1.54, 1.807) is 42.2 Å². The van der Waals surface area contributed by atoms with Crippen molar-refractivity contribution in [3.63, 3.8) is 0 Å². The number of carbonyl (C=O) groups is 1. The van der Waals surface area contributed by atoms with Crippen LogP contribution in [0.2, 0.25) is 0 Å². The number of ether oxygens (including phenoxy) is 2. The first-order valence-corrected chi connectivity index (χ1v) is 11.0. The number of aryl methyl sites for hydroxylation is 1. The van der Waals surface area contributed by atoms with E-state index in [0.717, 1.165) is 31.4 Å². The van der Waals surface area contributed by atoms with Crippen molar-refractivity contribution < 1.29 is 31.8 Å². The number of rotatable bonds is 7. The van der Waals surface area contributed by atoms with Gasteiger partial charge in [-0.15, -0.1) is 0 Å². The van der Waals surface area contributed by atoms with Gasteiger partial charge in [-0.1, -0.05) is 0 Å². The fourth-order valence-corrected chi connectivity index (χ4v) is 3.77. The molecule has 11 heteroatoms. The minimum absolute atomic E-state index is 0.313. The van der Waals surface area contributed by atoms with Crippen LogP contribution < -0.4 is 10.1 Å². The molecule has 1 amide bonds. The van der Waals surface area contributed by atoms with E-state index in [4.69, 9.17) is 9.47 Å². The molecule has 0 radical (unpaired) electrons. The summed E-state index contributed by atoms with van der Waals surface area (Å²) in [4.78, 5) is 14.9. The van der Waals surface area contributed by atoms with Gasteiger partial charge < -0.3 is 14.8 Å². The topological polar surface area (TPSA) is 68.6 Å². The molecule has 2 heterocycles. The van der Waals surface area contributed by atoms with Crippen molar-refractivity contribution in [2.45, 2.75) is 6.18 Å². The molecule has 0 unspecified atom stereocenters. The highest BCUT2D eigenvalue weighted by Crippen LogP contribution is 2.34. The molecule has 0 spiro atoms. The van der Waals surface area contributed by atoms with Crippen molar-refractivity contribution in [1.29, 1.82) is 0 Å². The Morgan fingerprint density at radius 1 is 1.14 bits per heavy atom.